The SMILES string of the molecule is CCOC(=O)[C@@](NC(=O)c1ccccc1Cl)([NH2+]Cc1ccccn1)C(F)(F)F. The number of rotatable bonds is 7. The van der Waals surface area contributed by atoms with Gasteiger partial charge in [-0.25, -0.2) is 4.79 Å². The number of amides is 1. The molecule has 3 N–H and O–H groups in total. The van der Waals surface area contributed by atoms with Gasteiger partial charge in [-0.1, -0.05) is 29.8 Å². The standard InChI is InChI=1S/C18H17ClF3N3O3/c1-2-28-16(27)17(18(20,21)22,24-11-12-7-5-6-10-23-12)25-15(26)13-8-3-4-9-14(13)19/h3-10,24H,2,11H2,1H3,(H,25,26)/p+1/t17-/m0/s1. The van der Waals surface area contributed by atoms with Gasteiger partial charge in [-0.2, -0.15) is 13.2 Å². The van der Waals surface area contributed by atoms with E-state index < -0.39 is 23.7 Å². The number of nitrogens with one attached hydrogen (secondary N) is 1. The van der Waals surface area contributed by atoms with Crippen LogP contribution in [-0.4, -0.2) is 35.3 Å². The first-order valence-corrected chi connectivity index (χ1v) is 8.64. The van der Waals surface area contributed by atoms with E-state index in [1.54, 1.807) is 17.4 Å². The molecule has 0 fully saturated rings. The molecule has 0 spiro atoms. The molecule has 28 heavy (non-hydrogen) atoms. The molecule has 0 aliphatic carbocycles. The van der Waals surface area contributed by atoms with Crippen molar-refractivity contribution >= 4 is 23.5 Å². The van der Waals surface area contributed by atoms with Crippen LogP contribution in [0.4, 0.5) is 13.2 Å². The van der Waals surface area contributed by atoms with Crippen LogP contribution in [0.25, 0.3) is 0 Å². The van der Waals surface area contributed by atoms with Crippen molar-refractivity contribution in [2.45, 2.75) is 25.3 Å². The van der Waals surface area contributed by atoms with Crippen molar-refractivity contribution < 1.29 is 32.8 Å². The number of halogens is 4. The predicted molar refractivity (Wildman–Crippen MR) is 94.2 cm³/mol. The van der Waals surface area contributed by atoms with Gasteiger partial charge in [0.2, 0.25) is 0 Å². The molecular formula is C18H18ClF3N3O3+. The third kappa shape index (κ3) is 4.79. The highest BCUT2D eigenvalue weighted by molar-refractivity contribution is 6.33. The molecule has 6 nitrogen and oxygen atoms in total. The highest BCUT2D eigenvalue weighted by atomic mass is 35.5. The first-order chi connectivity index (χ1) is 13.2. The zero-order chi connectivity index (χ0) is 20.8. The molecule has 2 aromatic rings. The fourth-order valence-electron chi connectivity index (χ4n) is 2.40. The number of ether oxygens (including phenoxy) is 1. The van der Waals surface area contributed by atoms with E-state index in [-0.39, 0.29) is 29.4 Å². The van der Waals surface area contributed by atoms with Crippen LogP contribution >= 0.6 is 11.6 Å². The predicted octanol–water partition coefficient (Wildman–Crippen LogP) is 2.05. The number of hydrogen-bond acceptors (Lipinski definition) is 4. The smallest absolute Gasteiger partial charge is 0.460 e. The summed E-state index contributed by atoms with van der Waals surface area (Å²) in [5.41, 5.74) is -3.28. The lowest BCUT2D eigenvalue weighted by atomic mass is 10.1. The van der Waals surface area contributed by atoms with Gasteiger partial charge in [0.1, 0.15) is 6.54 Å². The van der Waals surface area contributed by atoms with Crippen LogP contribution in [0.5, 0.6) is 0 Å². The van der Waals surface area contributed by atoms with E-state index in [1.807, 2.05) is 0 Å². The summed E-state index contributed by atoms with van der Waals surface area (Å²) in [7, 11) is 0. The molecule has 1 heterocycles. The van der Waals surface area contributed by atoms with E-state index in [9.17, 15) is 22.8 Å². The number of benzene rings is 1. The highest BCUT2D eigenvalue weighted by Crippen LogP contribution is 2.28. The number of carbonyl (C=O) groups is 2. The minimum absolute atomic E-state index is 0.0512. The summed E-state index contributed by atoms with van der Waals surface area (Å²) >= 11 is 5.90. The van der Waals surface area contributed by atoms with Gasteiger partial charge < -0.3 is 10.1 Å². The molecular weight excluding hydrogens is 399 g/mol. The normalized spacial score (nSPS) is 13.5. The molecule has 1 atom stereocenters. The van der Waals surface area contributed by atoms with Gasteiger partial charge in [0.15, 0.2) is 0 Å². The molecule has 0 unspecified atom stereocenters. The second-order valence-electron chi connectivity index (χ2n) is 5.69. The van der Waals surface area contributed by atoms with Crippen LogP contribution in [0.3, 0.4) is 0 Å². The van der Waals surface area contributed by atoms with E-state index in [1.165, 1.54) is 43.5 Å². The molecule has 10 heteroatoms. The summed E-state index contributed by atoms with van der Waals surface area (Å²) in [5.74, 6) is -2.80. The Kier molecular flexibility index (Phi) is 6.98. The molecule has 0 aliphatic heterocycles. The summed E-state index contributed by atoms with van der Waals surface area (Å²) < 4.78 is 46.7. The number of hydrogen-bond donors (Lipinski definition) is 2. The Balaban J connectivity index is 2.42. The number of quaternary nitrogens is 1. The molecule has 1 amide bonds. The first-order valence-electron chi connectivity index (χ1n) is 8.26. The Labute approximate surface area is 164 Å². The average molecular weight is 417 g/mol. The van der Waals surface area contributed by atoms with Gasteiger partial charge >= 0.3 is 17.8 Å². The van der Waals surface area contributed by atoms with Crippen LogP contribution in [0, 0.1) is 0 Å². The number of nitrogens with two attached hydrogens (primary N) is 1. The van der Waals surface area contributed by atoms with Gasteiger partial charge in [0, 0.05) is 6.20 Å². The number of nitrogens with zero attached hydrogens (tertiary/aromatic N) is 1. The largest absolute Gasteiger partial charge is 0.478 e. The minimum atomic E-state index is -5.16. The van der Waals surface area contributed by atoms with Crippen LogP contribution in [0.2, 0.25) is 5.02 Å². The van der Waals surface area contributed by atoms with Gasteiger partial charge in [0.25, 0.3) is 5.91 Å². The first kappa shape index (κ1) is 21.6. The summed E-state index contributed by atoms with van der Waals surface area (Å²) in [6.45, 7) is 0.742. The lowest BCUT2D eigenvalue weighted by Crippen LogP contribution is -3.06. The molecule has 1 aromatic heterocycles. The Bertz CT molecular complexity index is 834. The lowest BCUT2D eigenvalue weighted by molar-refractivity contribution is -0.757. The second kappa shape index (κ2) is 9.03. The van der Waals surface area contributed by atoms with E-state index in [2.05, 4.69) is 9.72 Å². The second-order valence-corrected chi connectivity index (χ2v) is 6.10. The summed E-state index contributed by atoms with van der Waals surface area (Å²) in [5, 5.41) is 2.37. The maximum absolute atomic E-state index is 14.0. The molecule has 150 valence electrons. The van der Waals surface area contributed by atoms with Crippen molar-refractivity contribution in [3.05, 3.63) is 64.9 Å². The van der Waals surface area contributed by atoms with Crippen LogP contribution in [-0.2, 0) is 16.1 Å². The molecule has 1 aromatic carbocycles. The lowest BCUT2D eigenvalue weighted by Gasteiger charge is -2.31. The average Bonchev–Trinajstić information content (AvgIpc) is 2.65. The quantitative estimate of drug-likeness (QED) is 0.534. The van der Waals surface area contributed by atoms with Gasteiger partial charge in [-0.15, -0.1) is 0 Å². The molecule has 0 saturated carbocycles. The highest BCUT2D eigenvalue weighted by Gasteiger charge is 2.67. The van der Waals surface area contributed by atoms with Crippen molar-refractivity contribution in [1.29, 1.82) is 0 Å². The van der Waals surface area contributed by atoms with Gasteiger partial charge in [-0.3, -0.25) is 15.1 Å². The van der Waals surface area contributed by atoms with Crippen LogP contribution in [0.1, 0.15) is 23.0 Å². The number of alkyl halides is 3. The topological polar surface area (TPSA) is 84.9 Å². The molecule has 0 aliphatic rings. The number of aromatic nitrogens is 1. The molecule has 0 bridgehead atoms. The van der Waals surface area contributed by atoms with Gasteiger partial charge in [0.05, 0.1) is 22.9 Å². The number of carbonyl (C=O) groups excluding carboxylic acids is 2. The number of pyridine rings is 1. The van der Waals surface area contributed by atoms with Gasteiger partial charge in [-0.05, 0) is 31.2 Å². The monoisotopic (exact) mass is 416 g/mol. The molecule has 0 radical (unpaired) electrons. The summed E-state index contributed by atoms with van der Waals surface area (Å²) in [4.78, 5) is 28.8. The fourth-order valence-corrected chi connectivity index (χ4v) is 2.62. The van der Waals surface area contributed by atoms with E-state index in [4.69, 9.17) is 11.6 Å². The molecule has 0 saturated heterocycles. The van der Waals surface area contributed by atoms with Crippen molar-refractivity contribution in [3.8, 4) is 0 Å². The third-order valence-electron chi connectivity index (χ3n) is 3.82. The van der Waals surface area contributed by atoms with Crippen molar-refractivity contribution in [2.75, 3.05) is 6.61 Å². The zero-order valence-electron chi connectivity index (χ0n) is 14.8. The number of esters is 1. The Morgan fingerprint density at radius 3 is 2.43 bits per heavy atom. The Morgan fingerprint density at radius 2 is 1.86 bits per heavy atom. The van der Waals surface area contributed by atoms with E-state index >= 15 is 0 Å². The minimum Gasteiger partial charge on any atom is -0.460 e. The summed E-state index contributed by atoms with van der Waals surface area (Å²) in [6.07, 6.45) is -3.75. The zero-order valence-corrected chi connectivity index (χ0v) is 15.6. The van der Waals surface area contributed by atoms with Crippen LogP contribution in [0.15, 0.2) is 48.7 Å². The molecule has 2 rings (SSSR count). The Hall–Kier alpha value is -2.65. The maximum atomic E-state index is 14.0. The Morgan fingerprint density at radius 1 is 1.18 bits per heavy atom. The van der Waals surface area contributed by atoms with Crippen molar-refractivity contribution in [1.82, 2.24) is 10.3 Å². The van der Waals surface area contributed by atoms with Crippen LogP contribution < -0.4 is 10.6 Å². The summed E-state index contributed by atoms with van der Waals surface area (Å²) in [6, 6.07) is 10.3. The third-order valence-corrected chi connectivity index (χ3v) is 4.15. The fraction of sp³-hybridized carbons (Fsp3) is 0.278. The van der Waals surface area contributed by atoms with Crippen molar-refractivity contribution in [2.24, 2.45) is 0 Å². The van der Waals surface area contributed by atoms with E-state index in [0.717, 1.165) is 0 Å². The van der Waals surface area contributed by atoms with Crippen molar-refractivity contribution in [3.63, 3.8) is 0 Å². The maximum Gasteiger partial charge on any atom is 0.478 e. The van der Waals surface area contributed by atoms with E-state index in [0.29, 0.717) is 5.32 Å².